The summed E-state index contributed by atoms with van der Waals surface area (Å²) in [5.74, 6) is 0.101. The minimum Gasteiger partial charge on any atom is -0.352 e. The Morgan fingerprint density at radius 3 is 2.25 bits per heavy atom. The highest BCUT2D eigenvalue weighted by Gasteiger charge is 2.20. The molecule has 1 amide bonds. The van der Waals surface area contributed by atoms with Crippen molar-refractivity contribution >= 4 is 5.91 Å². The van der Waals surface area contributed by atoms with Gasteiger partial charge in [-0.1, -0.05) is 32.4 Å². The average Bonchev–Trinajstić information content (AvgIpc) is 1.97. The second kappa shape index (κ2) is 4.29. The highest BCUT2D eigenvalue weighted by atomic mass is 16.2. The summed E-state index contributed by atoms with van der Waals surface area (Å²) in [6, 6.07) is 0. The van der Waals surface area contributed by atoms with Crippen molar-refractivity contribution in [1.82, 2.24) is 5.32 Å². The van der Waals surface area contributed by atoms with Gasteiger partial charge in [-0.25, -0.2) is 0 Å². The van der Waals surface area contributed by atoms with Gasteiger partial charge in [-0.2, -0.15) is 0 Å². The van der Waals surface area contributed by atoms with E-state index in [1.54, 1.807) is 0 Å². The van der Waals surface area contributed by atoms with Gasteiger partial charge in [0.1, 0.15) is 0 Å². The molecule has 0 atom stereocenters. The average molecular weight is 169 g/mol. The number of hydrogen-bond donors (Lipinski definition) is 1. The first-order valence-electron chi connectivity index (χ1n) is 4.28. The van der Waals surface area contributed by atoms with E-state index < -0.39 is 0 Å². The molecule has 0 aromatic heterocycles. The largest absolute Gasteiger partial charge is 0.352 e. The third-order valence-corrected chi connectivity index (χ3v) is 1.70. The van der Waals surface area contributed by atoms with E-state index in [1.165, 1.54) is 5.57 Å². The first-order chi connectivity index (χ1) is 5.38. The third kappa shape index (κ3) is 4.16. The van der Waals surface area contributed by atoms with Crippen molar-refractivity contribution in [2.75, 3.05) is 6.54 Å². The van der Waals surface area contributed by atoms with Crippen LogP contribution in [0, 0.1) is 5.41 Å². The Bertz CT molecular complexity index is 187. The molecular formula is C10H19NO. The lowest BCUT2D eigenvalue weighted by Crippen LogP contribution is -2.35. The first-order valence-corrected chi connectivity index (χ1v) is 4.28. The fourth-order valence-electron chi connectivity index (χ4n) is 0.587. The van der Waals surface area contributed by atoms with Gasteiger partial charge < -0.3 is 5.32 Å². The smallest absolute Gasteiger partial charge is 0.225 e. The molecule has 0 spiro atoms. The molecule has 70 valence electrons. The number of rotatable bonds is 2. The van der Waals surface area contributed by atoms with Gasteiger partial charge in [0.05, 0.1) is 0 Å². The van der Waals surface area contributed by atoms with Crippen molar-refractivity contribution in [2.24, 2.45) is 5.41 Å². The number of allylic oxidation sites excluding steroid dienone is 1. The van der Waals surface area contributed by atoms with Gasteiger partial charge in [-0.3, -0.25) is 4.79 Å². The van der Waals surface area contributed by atoms with Gasteiger partial charge in [0.25, 0.3) is 0 Å². The van der Waals surface area contributed by atoms with E-state index in [4.69, 9.17) is 0 Å². The molecule has 0 aliphatic rings. The number of nitrogens with one attached hydrogen (secondary N) is 1. The van der Waals surface area contributed by atoms with Crippen molar-refractivity contribution in [3.8, 4) is 0 Å². The molecule has 2 nitrogen and oxygen atoms in total. The van der Waals surface area contributed by atoms with Crippen LogP contribution >= 0.6 is 0 Å². The normalized spacial score (nSPS) is 12.9. The number of hydrogen-bond acceptors (Lipinski definition) is 1. The highest BCUT2D eigenvalue weighted by Crippen LogP contribution is 2.12. The van der Waals surface area contributed by atoms with Crippen molar-refractivity contribution in [2.45, 2.75) is 34.6 Å². The molecule has 0 aromatic rings. The second-order valence-electron chi connectivity index (χ2n) is 4.07. The van der Waals surface area contributed by atoms with E-state index in [0.29, 0.717) is 6.54 Å². The fourth-order valence-corrected chi connectivity index (χ4v) is 0.587. The van der Waals surface area contributed by atoms with Crippen LogP contribution < -0.4 is 5.32 Å². The first kappa shape index (κ1) is 11.2. The fraction of sp³-hybridized carbons (Fsp3) is 0.700. The Kier molecular flexibility index (Phi) is 4.01. The predicted octanol–water partition coefficient (Wildman–Crippen LogP) is 2.11. The highest BCUT2D eigenvalue weighted by molar-refractivity contribution is 5.81. The number of carbonyl (C=O) groups excluding carboxylic acids is 1. The number of amides is 1. The molecule has 0 fully saturated rings. The van der Waals surface area contributed by atoms with Gasteiger partial charge in [0.2, 0.25) is 5.91 Å². The summed E-state index contributed by atoms with van der Waals surface area (Å²) < 4.78 is 0. The summed E-state index contributed by atoms with van der Waals surface area (Å²) in [6.45, 7) is 10.4. The van der Waals surface area contributed by atoms with Crippen LogP contribution in [-0.2, 0) is 4.79 Å². The minimum atomic E-state index is -0.284. The van der Waals surface area contributed by atoms with E-state index in [9.17, 15) is 4.79 Å². The Labute approximate surface area is 75.0 Å². The minimum absolute atomic E-state index is 0.101. The summed E-state index contributed by atoms with van der Waals surface area (Å²) >= 11 is 0. The molecule has 1 N–H and O–H groups in total. The summed E-state index contributed by atoms with van der Waals surface area (Å²) in [5, 5.41) is 2.87. The van der Waals surface area contributed by atoms with Gasteiger partial charge in [-0.05, 0) is 13.8 Å². The van der Waals surface area contributed by atoms with E-state index in [2.05, 4.69) is 5.32 Å². The molecule has 0 aromatic carbocycles. The van der Waals surface area contributed by atoms with Crippen LogP contribution in [0.1, 0.15) is 34.6 Å². The molecule has 0 saturated carbocycles. The van der Waals surface area contributed by atoms with Crippen LogP contribution in [0.3, 0.4) is 0 Å². The van der Waals surface area contributed by atoms with Crippen LogP contribution in [0.25, 0.3) is 0 Å². The van der Waals surface area contributed by atoms with Gasteiger partial charge in [-0.15, -0.1) is 0 Å². The lowest BCUT2D eigenvalue weighted by molar-refractivity contribution is -0.128. The molecule has 0 heterocycles. The molecule has 0 bridgehead atoms. The molecule has 2 heteroatoms. The maximum Gasteiger partial charge on any atom is 0.225 e. The van der Waals surface area contributed by atoms with Crippen LogP contribution in [-0.4, -0.2) is 12.5 Å². The van der Waals surface area contributed by atoms with E-state index in [1.807, 2.05) is 40.7 Å². The molecule has 0 unspecified atom stereocenters. The lowest BCUT2D eigenvalue weighted by atomic mass is 9.95. The zero-order valence-corrected chi connectivity index (χ0v) is 8.69. The van der Waals surface area contributed by atoms with E-state index in [-0.39, 0.29) is 11.3 Å². The van der Waals surface area contributed by atoms with Gasteiger partial charge in [0, 0.05) is 12.0 Å². The quantitative estimate of drug-likeness (QED) is 0.630. The maximum absolute atomic E-state index is 11.3. The van der Waals surface area contributed by atoms with Crippen LogP contribution in [0.2, 0.25) is 0 Å². The SMILES string of the molecule is C/C=C(\C)CNC(=O)C(C)(C)C. The van der Waals surface area contributed by atoms with Crippen molar-refractivity contribution in [3.05, 3.63) is 11.6 Å². The molecule has 0 aliphatic heterocycles. The van der Waals surface area contributed by atoms with Gasteiger partial charge >= 0.3 is 0 Å². The third-order valence-electron chi connectivity index (χ3n) is 1.70. The van der Waals surface area contributed by atoms with Crippen LogP contribution in [0.15, 0.2) is 11.6 Å². The maximum atomic E-state index is 11.3. The summed E-state index contributed by atoms with van der Waals surface area (Å²) in [6.07, 6.45) is 2.00. The van der Waals surface area contributed by atoms with E-state index >= 15 is 0 Å². The van der Waals surface area contributed by atoms with Crippen LogP contribution in [0.5, 0.6) is 0 Å². The second-order valence-corrected chi connectivity index (χ2v) is 4.07. The van der Waals surface area contributed by atoms with Crippen molar-refractivity contribution in [3.63, 3.8) is 0 Å². The summed E-state index contributed by atoms with van der Waals surface area (Å²) in [4.78, 5) is 11.3. The summed E-state index contributed by atoms with van der Waals surface area (Å²) in [7, 11) is 0. The Hall–Kier alpha value is -0.790. The lowest BCUT2D eigenvalue weighted by Gasteiger charge is -2.17. The number of carbonyl (C=O) groups is 1. The Balaban J connectivity index is 3.89. The zero-order valence-electron chi connectivity index (χ0n) is 8.69. The molecule has 0 rings (SSSR count). The summed E-state index contributed by atoms with van der Waals surface area (Å²) in [5.41, 5.74) is 0.904. The molecule has 12 heavy (non-hydrogen) atoms. The Morgan fingerprint density at radius 2 is 1.92 bits per heavy atom. The predicted molar refractivity (Wildman–Crippen MR) is 51.9 cm³/mol. The van der Waals surface area contributed by atoms with Gasteiger partial charge in [0.15, 0.2) is 0 Å². The topological polar surface area (TPSA) is 29.1 Å². The molecule has 0 aliphatic carbocycles. The molecule has 0 saturated heterocycles. The molecule has 0 radical (unpaired) electrons. The van der Waals surface area contributed by atoms with Crippen molar-refractivity contribution in [1.29, 1.82) is 0 Å². The standard InChI is InChI=1S/C10H19NO/c1-6-8(2)7-11-9(12)10(3,4)5/h6H,7H2,1-5H3,(H,11,12)/b8-6+. The monoisotopic (exact) mass is 169 g/mol. The molecular weight excluding hydrogens is 150 g/mol. The van der Waals surface area contributed by atoms with E-state index in [0.717, 1.165) is 0 Å². The Morgan fingerprint density at radius 1 is 1.42 bits per heavy atom. The zero-order chi connectivity index (χ0) is 9.78. The van der Waals surface area contributed by atoms with Crippen molar-refractivity contribution < 1.29 is 4.79 Å². The van der Waals surface area contributed by atoms with Crippen LogP contribution in [0.4, 0.5) is 0 Å².